The first kappa shape index (κ1) is 19.3. The number of aromatic nitrogens is 4. The van der Waals surface area contributed by atoms with E-state index in [0.717, 1.165) is 15.7 Å². The number of benzene rings is 1. The lowest BCUT2D eigenvalue weighted by Crippen LogP contribution is -2.38. The van der Waals surface area contributed by atoms with Crippen LogP contribution in [-0.2, 0) is 24.4 Å². The van der Waals surface area contributed by atoms with Gasteiger partial charge < -0.3 is 9.88 Å². The standard InChI is InChI=1S/C22H19N5O3/c28-19(24-13-16-5-2-1-3-6-16)15-26-12-4-7-18-20(26)25-22(30)27(21(18)29)14-17-8-10-23-11-9-17/h1-12H,13-15H2,(H,24,28). The van der Waals surface area contributed by atoms with E-state index in [1.807, 2.05) is 30.3 Å². The van der Waals surface area contributed by atoms with Gasteiger partial charge in [-0.25, -0.2) is 4.79 Å². The molecule has 0 fully saturated rings. The quantitative estimate of drug-likeness (QED) is 0.525. The zero-order valence-electron chi connectivity index (χ0n) is 16.1. The van der Waals surface area contributed by atoms with Gasteiger partial charge in [0, 0.05) is 25.1 Å². The lowest BCUT2D eigenvalue weighted by atomic mass is 10.2. The lowest BCUT2D eigenvalue weighted by Gasteiger charge is -2.15. The first-order valence-corrected chi connectivity index (χ1v) is 9.41. The Bertz CT molecular complexity index is 1250. The van der Waals surface area contributed by atoms with Crippen molar-refractivity contribution in [2.24, 2.45) is 0 Å². The number of hydrogen-bond acceptors (Lipinski definition) is 5. The summed E-state index contributed by atoms with van der Waals surface area (Å²) in [5.74, 6) is -0.0556. The molecule has 0 aliphatic carbocycles. The zero-order chi connectivity index (χ0) is 20.9. The number of pyridine rings is 2. The van der Waals surface area contributed by atoms with Crippen molar-refractivity contribution in [1.82, 2.24) is 24.4 Å². The van der Waals surface area contributed by atoms with Crippen molar-refractivity contribution >= 4 is 5.91 Å². The minimum Gasteiger partial charge on any atom is -0.350 e. The van der Waals surface area contributed by atoms with Gasteiger partial charge in [0.25, 0.3) is 5.56 Å². The molecule has 0 unspecified atom stereocenters. The van der Waals surface area contributed by atoms with Crippen LogP contribution in [0.5, 0.6) is 0 Å². The normalized spacial score (nSPS) is 10.8. The molecule has 0 saturated heterocycles. The van der Waals surface area contributed by atoms with Crippen LogP contribution in [0, 0.1) is 0 Å². The second kappa shape index (κ2) is 8.52. The van der Waals surface area contributed by atoms with Gasteiger partial charge in [0.15, 0.2) is 5.82 Å². The second-order valence-corrected chi connectivity index (χ2v) is 6.78. The Morgan fingerprint density at radius 3 is 2.47 bits per heavy atom. The molecule has 1 N–H and O–H groups in total. The van der Waals surface area contributed by atoms with Crippen molar-refractivity contribution in [3.8, 4) is 11.4 Å². The Hall–Kier alpha value is -4.07. The molecule has 0 spiro atoms. The van der Waals surface area contributed by atoms with Gasteiger partial charge in [-0.2, -0.15) is 4.98 Å². The highest BCUT2D eigenvalue weighted by atomic mass is 16.2. The van der Waals surface area contributed by atoms with Crippen molar-refractivity contribution in [1.29, 1.82) is 0 Å². The molecule has 1 aromatic carbocycles. The predicted molar refractivity (Wildman–Crippen MR) is 111 cm³/mol. The average Bonchev–Trinajstić information content (AvgIpc) is 2.77. The molecule has 0 bridgehead atoms. The van der Waals surface area contributed by atoms with Gasteiger partial charge in [-0.15, -0.1) is 0 Å². The predicted octanol–water partition coefficient (Wildman–Crippen LogP) is 1.27. The van der Waals surface area contributed by atoms with E-state index in [1.54, 1.807) is 42.9 Å². The maximum Gasteiger partial charge on any atom is 0.352 e. The molecule has 150 valence electrons. The molecule has 2 aromatic rings. The van der Waals surface area contributed by atoms with Crippen LogP contribution < -0.4 is 16.6 Å². The summed E-state index contributed by atoms with van der Waals surface area (Å²) in [6.07, 6.45) is 4.83. The van der Waals surface area contributed by atoms with Gasteiger partial charge in [0.1, 0.15) is 6.54 Å². The largest absolute Gasteiger partial charge is 0.352 e. The summed E-state index contributed by atoms with van der Waals surface area (Å²) in [5.41, 5.74) is 0.930. The molecule has 2 aliphatic heterocycles. The van der Waals surface area contributed by atoms with Crippen LogP contribution >= 0.6 is 0 Å². The highest BCUT2D eigenvalue weighted by molar-refractivity contribution is 5.76. The van der Waals surface area contributed by atoms with Crippen LogP contribution in [0.4, 0.5) is 0 Å². The molecule has 0 atom stereocenters. The smallest absolute Gasteiger partial charge is 0.350 e. The summed E-state index contributed by atoms with van der Waals surface area (Å²) in [6, 6.07) is 16.3. The molecule has 1 amide bonds. The third kappa shape index (κ3) is 4.17. The van der Waals surface area contributed by atoms with E-state index in [9.17, 15) is 14.4 Å². The Labute approximate surface area is 171 Å². The number of hydrogen-bond donors (Lipinski definition) is 1. The summed E-state index contributed by atoms with van der Waals surface area (Å²) >= 11 is 0. The Kier molecular flexibility index (Phi) is 5.47. The van der Waals surface area contributed by atoms with Crippen molar-refractivity contribution < 1.29 is 4.79 Å². The maximum absolute atomic E-state index is 12.9. The fourth-order valence-corrected chi connectivity index (χ4v) is 3.16. The highest BCUT2D eigenvalue weighted by Crippen LogP contribution is 2.13. The molecule has 2 aliphatic rings. The van der Waals surface area contributed by atoms with Crippen LogP contribution in [-0.4, -0.2) is 25.0 Å². The summed E-state index contributed by atoms with van der Waals surface area (Å²) < 4.78 is 2.59. The van der Waals surface area contributed by atoms with Gasteiger partial charge in [-0.3, -0.25) is 19.1 Å². The van der Waals surface area contributed by atoms with E-state index in [1.165, 1.54) is 4.57 Å². The number of rotatable bonds is 6. The van der Waals surface area contributed by atoms with E-state index in [-0.39, 0.29) is 30.4 Å². The van der Waals surface area contributed by atoms with Gasteiger partial charge in [0.2, 0.25) is 5.91 Å². The van der Waals surface area contributed by atoms with Crippen LogP contribution in [0.1, 0.15) is 11.1 Å². The number of fused-ring (bicyclic) bond motifs is 1. The summed E-state index contributed by atoms with van der Waals surface area (Å²) in [4.78, 5) is 45.8. The molecule has 4 rings (SSSR count). The molecular weight excluding hydrogens is 382 g/mol. The van der Waals surface area contributed by atoms with Crippen molar-refractivity contribution in [3.63, 3.8) is 0 Å². The number of carbonyl (C=O) groups excluding carboxylic acids is 1. The minimum atomic E-state index is -0.658. The van der Waals surface area contributed by atoms with E-state index < -0.39 is 11.2 Å². The summed E-state index contributed by atoms with van der Waals surface area (Å²) in [5, 5.41) is 2.83. The molecule has 0 radical (unpaired) electrons. The first-order valence-electron chi connectivity index (χ1n) is 9.41. The van der Waals surface area contributed by atoms with Gasteiger partial charge in [-0.05, 0) is 35.4 Å². The topological polar surface area (TPSA) is 98.9 Å². The second-order valence-electron chi connectivity index (χ2n) is 6.78. The van der Waals surface area contributed by atoms with E-state index in [0.29, 0.717) is 6.54 Å². The van der Waals surface area contributed by atoms with Crippen LogP contribution in [0.15, 0.2) is 82.8 Å². The maximum atomic E-state index is 12.9. The van der Waals surface area contributed by atoms with Crippen LogP contribution in [0.25, 0.3) is 11.4 Å². The molecule has 0 saturated carbocycles. The summed E-state index contributed by atoms with van der Waals surface area (Å²) in [6.45, 7) is 0.448. The highest BCUT2D eigenvalue weighted by Gasteiger charge is 2.18. The number of nitrogens with zero attached hydrogens (tertiary/aromatic N) is 4. The van der Waals surface area contributed by atoms with Crippen LogP contribution in [0.2, 0.25) is 0 Å². The van der Waals surface area contributed by atoms with E-state index in [2.05, 4.69) is 15.3 Å². The van der Waals surface area contributed by atoms with Gasteiger partial charge >= 0.3 is 5.69 Å². The number of amides is 1. The van der Waals surface area contributed by atoms with Crippen molar-refractivity contribution in [2.45, 2.75) is 19.6 Å². The lowest BCUT2D eigenvalue weighted by molar-refractivity contribution is -0.121. The van der Waals surface area contributed by atoms with Crippen molar-refractivity contribution in [3.05, 3.63) is 105 Å². The molecule has 30 heavy (non-hydrogen) atoms. The number of carbonyl (C=O) groups is 1. The monoisotopic (exact) mass is 401 g/mol. The zero-order valence-corrected chi connectivity index (χ0v) is 16.1. The Morgan fingerprint density at radius 1 is 0.933 bits per heavy atom. The third-order valence-electron chi connectivity index (χ3n) is 4.69. The van der Waals surface area contributed by atoms with Gasteiger partial charge in [0.05, 0.1) is 12.1 Å². The molecule has 8 heteroatoms. The van der Waals surface area contributed by atoms with Crippen LogP contribution in [0.3, 0.4) is 0 Å². The molecule has 3 heterocycles. The van der Waals surface area contributed by atoms with E-state index >= 15 is 0 Å². The van der Waals surface area contributed by atoms with Gasteiger partial charge in [-0.1, -0.05) is 30.3 Å². The molecular formula is C22H19N5O3. The fraction of sp³-hybridized carbons (Fsp3) is 0.136. The first-order chi connectivity index (χ1) is 14.6. The Balaban J connectivity index is 1.58. The van der Waals surface area contributed by atoms with E-state index in [4.69, 9.17) is 0 Å². The number of nitrogens with one attached hydrogen (secondary N) is 1. The van der Waals surface area contributed by atoms with Crippen molar-refractivity contribution in [2.75, 3.05) is 0 Å². The molecule has 1 aromatic heterocycles. The third-order valence-corrected chi connectivity index (χ3v) is 4.69. The Morgan fingerprint density at radius 2 is 1.70 bits per heavy atom. The minimum absolute atomic E-state index is 0.0512. The molecule has 8 nitrogen and oxygen atoms in total. The SMILES string of the molecule is O=C(Cn1cccc2c(=O)n(Cc3ccncc3)c(=O)nc1-2)NCc1ccccc1. The average molecular weight is 401 g/mol. The summed E-state index contributed by atoms with van der Waals surface area (Å²) in [7, 11) is 0. The fourth-order valence-electron chi connectivity index (χ4n) is 3.16.